The molecule has 0 amide bonds. The number of benzene rings is 1. The molecule has 1 aliphatic heterocycles. The van der Waals surface area contributed by atoms with Crippen LogP contribution in [0.2, 0.25) is 0 Å². The Hall–Kier alpha value is -3.13. The summed E-state index contributed by atoms with van der Waals surface area (Å²) in [5.41, 5.74) is 6.48. The third-order valence-electron chi connectivity index (χ3n) is 7.21. The molecule has 2 fully saturated rings. The summed E-state index contributed by atoms with van der Waals surface area (Å²) in [5, 5.41) is 24.4. The second kappa shape index (κ2) is 12.4. The number of aliphatic hydroxyl groups is 2. The second-order valence-electron chi connectivity index (χ2n) is 10.3. The van der Waals surface area contributed by atoms with Gasteiger partial charge in [0.1, 0.15) is 48.1 Å². The van der Waals surface area contributed by atoms with Crippen LogP contribution in [0.25, 0.3) is 11.2 Å². The number of aromatic nitrogens is 4. The van der Waals surface area contributed by atoms with Gasteiger partial charge in [0.05, 0.1) is 12.4 Å². The van der Waals surface area contributed by atoms with Crippen molar-refractivity contribution in [1.29, 1.82) is 0 Å². The molecule has 14 nitrogen and oxygen atoms in total. The zero-order valence-corrected chi connectivity index (χ0v) is 23.7. The number of nitrogen functional groups attached to an aromatic ring is 1. The summed E-state index contributed by atoms with van der Waals surface area (Å²) < 4.78 is 38.7. The number of anilines is 1. The summed E-state index contributed by atoms with van der Waals surface area (Å²) in [6.45, 7) is 3.03. The third-order valence-corrected chi connectivity index (χ3v) is 8.98. The molecule has 0 unspecified atom stereocenters. The average Bonchev–Trinajstić information content (AvgIpc) is 3.51. The molecule has 2 aromatic heterocycles. The Morgan fingerprint density at radius 2 is 1.85 bits per heavy atom. The number of rotatable bonds is 10. The summed E-state index contributed by atoms with van der Waals surface area (Å²) >= 11 is 0. The Labute approximate surface area is 236 Å². The van der Waals surface area contributed by atoms with Crippen molar-refractivity contribution >= 4 is 30.7 Å². The molecule has 1 saturated carbocycles. The molecule has 7 atom stereocenters. The minimum absolute atomic E-state index is 0.149. The number of fused-ring (bicyclic) bond motifs is 1. The lowest BCUT2D eigenvalue weighted by Crippen LogP contribution is -2.41. The molecular formula is C26H35N6O8P. The van der Waals surface area contributed by atoms with E-state index in [1.165, 1.54) is 31.1 Å². The van der Waals surface area contributed by atoms with Crippen molar-refractivity contribution in [3.05, 3.63) is 43.0 Å². The highest BCUT2D eigenvalue weighted by molar-refractivity contribution is 7.52. The SMILES string of the molecule is C[C@H](N[P@@](=O)(Oc1ccccc1)O[C@@H](C)[C@H]1O[C@@H](n2cnc3c(N)ncnc32)[C@H](O)[C@@H]1O)C(=O)OC1CCCCC1. The van der Waals surface area contributed by atoms with Crippen LogP contribution in [-0.2, 0) is 23.4 Å². The van der Waals surface area contributed by atoms with E-state index in [1.807, 2.05) is 0 Å². The van der Waals surface area contributed by atoms with Crippen LogP contribution in [0.15, 0.2) is 43.0 Å². The van der Waals surface area contributed by atoms with Gasteiger partial charge in [-0.3, -0.25) is 13.9 Å². The minimum atomic E-state index is -4.26. The Balaban J connectivity index is 1.32. The highest BCUT2D eigenvalue weighted by Gasteiger charge is 2.49. The number of hydrogen-bond acceptors (Lipinski definition) is 12. The van der Waals surface area contributed by atoms with Crippen molar-refractivity contribution in [3.63, 3.8) is 0 Å². The van der Waals surface area contributed by atoms with Crippen LogP contribution in [0.4, 0.5) is 5.82 Å². The number of carbonyl (C=O) groups excluding carboxylic acids is 1. The van der Waals surface area contributed by atoms with Gasteiger partial charge in [0.15, 0.2) is 17.7 Å². The molecule has 222 valence electrons. The topological polar surface area (TPSA) is 193 Å². The molecule has 15 heteroatoms. The van der Waals surface area contributed by atoms with Crippen molar-refractivity contribution in [2.24, 2.45) is 0 Å². The monoisotopic (exact) mass is 590 g/mol. The Morgan fingerprint density at radius 1 is 1.12 bits per heavy atom. The summed E-state index contributed by atoms with van der Waals surface area (Å²) in [6, 6.07) is 7.30. The summed E-state index contributed by atoms with van der Waals surface area (Å²) in [5.74, 6) is -0.196. The number of aliphatic hydroxyl groups excluding tert-OH is 2. The number of para-hydroxylation sites is 1. The number of ether oxygens (including phenoxy) is 2. The van der Waals surface area contributed by atoms with E-state index in [-0.39, 0.29) is 17.7 Å². The Bertz CT molecular complexity index is 1390. The largest absolute Gasteiger partial charge is 0.461 e. The van der Waals surface area contributed by atoms with Crippen LogP contribution in [-0.4, -0.2) is 72.3 Å². The van der Waals surface area contributed by atoms with Crippen molar-refractivity contribution in [2.75, 3.05) is 5.73 Å². The summed E-state index contributed by atoms with van der Waals surface area (Å²) in [7, 11) is -4.26. The molecule has 0 radical (unpaired) electrons. The van der Waals surface area contributed by atoms with Crippen molar-refractivity contribution in [2.45, 2.75) is 88.7 Å². The van der Waals surface area contributed by atoms with E-state index in [2.05, 4.69) is 20.0 Å². The number of nitrogens with one attached hydrogen (secondary N) is 1. The van der Waals surface area contributed by atoms with Crippen LogP contribution in [0.1, 0.15) is 52.2 Å². The number of nitrogens with two attached hydrogens (primary N) is 1. The van der Waals surface area contributed by atoms with Gasteiger partial charge in [0.2, 0.25) is 0 Å². The molecule has 1 saturated heterocycles. The maximum atomic E-state index is 14.1. The van der Waals surface area contributed by atoms with Gasteiger partial charge in [-0.15, -0.1) is 0 Å². The standard InChI is InChI=1S/C26H35N6O8P/c1-15(26(35)37-17-9-5-3-6-10-17)31-41(36,40-18-11-7-4-8-12-18)39-16(2)22-20(33)21(34)25(38-22)32-14-30-19-23(27)28-13-29-24(19)32/h4,7-8,11-17,20-22,25,33-34H,3,5-6,9-10H2,1-2H3,(H,31,36)(H2,27,28,29)/t15-,16-,20-,21+,22+,25+,41-/m0/s1. The maximum Gasteiger partial charge on any atom is 0.459 e. The van der Waals surface area contributed by atoms with Gasteiger partial charge in [-0.05, 0) is 51.7 Å². The second-order valence-corrected chi connectivity index (χ2v) is 12.0. The summed E-state index contributed by atoms with van der Waals surface area (Å²) in [6.07, 6.45) is 0.910. The van der Waals surface area contributed by atoms with Gasteiger partial charge in [0.25, 0.3) is 0 Å². The first kappa shape index (κ1) is 29.4. The first-order valence-corrected chi connectivity index (χ1v) is 15.2. The molecule has 41 heavy (non-hydrogen) atoms. The number of imidazole rings is 1. The number of carbonyl (C=O) groups is 1. The van der Waals surface area contributed by atoms with Gasteiger partial charge in [0, 0.05) is 0 Å². The van der Waals surface area contributed by atoms with Crippen LogP contribution in [0.5, 0.6) is 5.75 Å². The highest BCUT2D eigenvalue weighted by atomic mass is 31.2. The van der Waals surface area contributed by atoms with E-state index in [0.29, 0.717) is 11.2 Å². The third kappa shape index (κ3) is 6.53. The predicted molar refractivity (Wildman–Crippen MR) is 146 cm³/mol. The fourth-order valence-electron chi connectivity index (χ4n) is 5.08. The highest BCUT2D eigenvalue weighted by Crippen LogP contribution is 2.48. The average molecular weight is 591 g/mol. The molecule has 1 aromatic carbocycles. The van der Waals surface area contributed by atoms with E-state index >= 15 is 0 Å². The fourth-order valence-corrected chi connectivity index (χ4v) is 6.77. The smallest absolute Gasteiger partial charge is 0.459 e. The van der Waals surface area contributed by atoms with E-state index < -0.39 is 50.4 Å². The molecule has 3 heterocycles. The lowest BCUT2D eigenvalue weighted by molar-refractivity contribution is -0.152. The van der Waals surface area contributed by atoms with E-state index in [4.69, 9.17) is 24.3 Å². The summed E-state index contributed by atoms with van der Waals surface area (Å²) in [4.78, 5) is 25.1. The van der Waals surface area contributed by atoms with Crippen molar-refractivity contribution in [3.8, 4) is 5.75 Å². The first-order valence-electron chi connectivity index (χ1n) is 13.6. The normalized spacial score (nSPS) is 26.3. The lowest BCUT2D eigenvalue weighted by atomic mass is 9.98. The van der Waals surface area contributed by atoms with Gasteiger partial charge >= 0.3 is 13.7 Å². The molecular weight excluding hydrogens is 555 g/mol. The molecule has 0 bridgehead atoms. The van der Waals surface area contributed by atoms with Crippen molar-refractivity contribution < 1.29 is 38.1 Å². The molecule has 3 aromatic rings. The lowest BCUT2D eigenvalue weighted by Gasteiger charge is -2.29. The molecule has 1 aliphatic carbocycles. The molecule has 0 spiro atoms. The fraction of sp³-hybridized carbons (Fsp3) is 0.538. The van der Waals surface area contributed by atoms with Gasteiger partial charge in [-0.25, -0.2) is 19.5 Å². The van der Waals surface area contributed by atoms with E-state index in [1.54, 1.807) is 30.3 Å². The Morgan fingerprint density at radius 3 is 2.59 bits per heavy atom. The van der Waals surface area contributed by atoms with Crippen LogP contribution in [0, 0.1) is 0 Å². The van der Waals surface area contributed by atoms with E-state index in [9.17, 15) is 19.6 Å². The molecule has 5 rings (SSSR count). The molecule has 5 N–H and O–H groups in total. The first-order chi connectivity index (χ1) is 19.6. The van der Waals surface area contributed by atoms with Crippen molar-refractivity contribution in [1.82, 2.24) is 24.6 Å². The van der Waals surface area contributed by atoms with Crippen LogP contribution in [0.3, 0.4) is 0 Å². The zero-order valence-electron chi connectivity index (χ0n) is 22.8. The predicted octanol–water partition coefficient (Wildman–Crippen LogP) is 2.47. The minimum Gasteiger partial charge on any atom is -0.461 e. The Kier molecular flexibility index (Phi) is 8.88. The number of nitrogens with zero attached hydrogens (tertiary/aromatic N) is 4. The number of hydrogen-bond donors (Lipinski definition) is 4. The van der Waals surface area contributed by atoms with Gasteiger partial charge < -0.3 is 29.9 Å². The van der Waals surface area contributed by atoms with Gasteiger partial charge in [-0.1, -0.05) is 24.6 Å². The van der Waals surface area contributed by atoms with Crippen LogP contribution < -0.4 is 15.3 Å². The maximum absolute atomic E-state index is 14.1. The number of esters is 1. The van der Waals surface area contributed by atoms with Crippen LogP contribution >= 0.6 is 7.75 Å². The van der Waals surface area contributed by atoms with Gasteiger partial charge in [-0.2, -0.15) is 5.09 Å². The van der Waals surface area contributed by atoms with E-state index in [0.717, 1.165) is 32.1 Å². The zero-order chi connectivity index (χ0) is 29.1. The quantitative estimate of drug-likeness (QED) is 0.199. The molecule has 2 aliphatic rings.